The number of rotatable bonds is 11. The summed E-state index contributed by atoms with van der Waals surface area (Å²) in [5.41, 5.74) is 1.22. The third-order valence-electron chi connectivity index (χ3n) is 5.81. The number of ether oxygens (including phenoxy) is 1. The lowest BCUT2D eigenvalue weighted by molar-refractivity contribution is -0.384. The highest BCUT2D eigenvalue weighted by Crippen LogP contribution is 2.28. The normalized spacial score (nSPS) is 13.6. The van der Waals surface area contributed by atoms with E-state index >= 15 is 0 Å². The minimum absolute atomic E-state index is 0.0681. The summed E-state index contributed by atoms with van der Waals surface area (Å²) in [6.07, 6.45) is 3.59. The van der Waals surface area contributed by atoms with Crippen LogP contribution < -0.4 is 9.64 Å². The molecule has 1 aliphatic rings. The van der Waals surface area contributed by atoms with Crippen LogP contribution in [0.5, 0.6) is 5.75 Å². The number of Topliss-reactive ketones (excluding diaryl/α,β-unsaturated/α-hetero) is 1. The van der Waals surface area contributed by atoms with Crippen molar-refractivity contribution in [2.75, 3.05) is 37.7 Å². The van der Waals surface area contributed by atoms with Gasteiger partial charge in [0.15, 0.2) is 5.78 Å². The number of piperazine rings is 1. The minimum Gasteiger partial charge on any atom is -0.494 e. The zero-order chi connectivity index (χ0) is 23.6. The van der Waals surface area contributed by atoms with E-state index in [1.165, 1.54) is 6.07 Å². The number of unbranched alkanes of at least 4 members (excludes halogenated alkanes) is 2. The molecule has 3 rings (SSSR count). The largest absolute Gasteiger partial charge is 0.494 e. The third-order valence-corrected chi connectivity index (χ3v) is 5.81. The molecule has 0 N–H and O–H groups in total. The number of carbonyl (C=O) groups excluding carboxylic acids is 2. The van der Waals surface area contributed by atoms with E-state index in [1.54, 1.807) is 47.4 Å². The first kappa shape index (κ1) is 24.2. The van der Waals surface area contributed by atoms with Crippen molar-refractivity contribution in [3.8, 4) is 5.75 Å². The number of para-hydroxylation sites is 2. The fraction of sp³-hybridized carbons (Fsp3) is 0.440. The zero-order valence-electron chi connectivity index (χ0n) is 19.1. The third kappa shape index (κ3) is 6.78. The molecule has 33 heavy (non-hydrogen) atoms. The lowest BCUT2D eigenvalue weighted by atomic mass is 10.1. The Morgan fingerprint density at radius 3 is 2.33 bits per heavy atom. The average Bonchev–Trinajstić information content (AvgIpc) is 2.85. The van der Waals surface area contributed by atoms with E-state index in [4.69, 9.17) is 4.74 Å². The summed E-state index contributed by atoms with van der Waals surface area (Å²) in [6.45, 7) is 4.80. The van der Waals surface area contributed by atoms with Gasteiger partial charge in [0.1, 0.15) is 11.4 Å². The molecule has 2 aromatic rings. The quantitative estimate of drug-likeness (QED) is 0.216. The van der Waals surface area contributed by atoms with Crippen LogP contribution >= 0.6 is 0 Å². The summed E-state index contributed by atoms with van der Waals surface area (Å²) in [5, 5.41) is 11.3. The molecule has 8 nitrogen and oxygen atoms in total. The summed E-state index contributed by atoms with van der Waals surface area (Å²) in [7, 11) is 0. The second-order valence-electron chi connectivity index (χ2n) is 8.12. The van der Waals surface area contributed by atoms with Gasteiger partial charge in [-0.1, -0.05) is 31.9 Å². The second-order valence-corrected chi connectivity index (χ2v) is 8.12. The van der Waals surface area contributed by atoms with Gasteiger partial charge in [0.05, 0.1) is 11.5 Å². The molecule has 0 unspecified atom stereocenters. The first-order chi connectivity index (χ1) is 16.0. The van der Waals surface area contributed by atoms with Gasteiger partial charge in [-0.25, -0.2) is 0 Å². The lowest BCUT2D eigenvalue weighted by Gasteiger charge is -2.35. The van der Waals surface area contributed by atoms with Crippen LogP contribution in [0.2, 0.25) is 0 Å². The molecule has 0 radical (unpaired) electrons. The maximum absolute atomic E-state index is 12.6. The molecule has 0 bridgehead atoms. The molecule has 0 atom stereocenters. The number of nitro benzene ring substituents is 1. The predicted octanol–water partition coefficient (Wildman–Crippen LogP) is 4.48. The van der Waals surface area contributed by atoms with Crippen LogP contribution in [0, 0.1) is 10.1 Å². The van der Waals surface area contributed by atoms with Crippen molar-refractivity contribution < 1.29 is 19.2 Å². The van der Waals surface area contributed by atoms with Gasteiger partial charge < -0.3 is 14.5 Å². The van der Waals surface area contributed by atoms with Gasteiger partial charge in [0, 0.05) is 50.7 Å². The highest BCUT2D eigenvalue weighted by atomic mass is 16.6. The van der Waals surface area contributed by atoms with E-state index in [9.17, 15) is 19.7 Å². The van der Waals surface area contributed by atoms with Crippen molar-refractivity contribution in [2.45, 2.75) is 39.0 Å². The molecule has 1 amide bonds. The van der Waals surface area contributed by atoms with Crippen molar-refractivity contribution in [2.24, 2.45) is 0 Å². The Bertz CT molecular complexity index is 953. The Kier molecular flexibility index (Phi) is 8.80. The van der Waals surface area contributed by atoms with Gasteiger partial charge in [-0.15, -0.1) is 0 Å². The number of hydrogen-bond donors (Lipinski definition) is 0. The minimum atomic E-state index is -0.385. The number of nitro groups is 1. The van der Waals surface area contributed by atoms with Crippen molar-refractivity contribution in [3.05, 3.63) is 64.2 Å². The smallest absolute Gasteiger partial charge is 0.292 e. The standard InChI is InChI=1S/C25H31N3O5/c1-2-3-6-19-33-21-11-9-20(10-12-21)24(29)13-14-25(30)27-17-15-26(16-18-27)22-7-4-5-8-23(22)28(31)32/h4-5,7-12H,2-3,6,13-19H2,1H3. The number of ketones is 1. The molecule has 0 aromatic heterocycles. The fourth-order valence-corrected chi connectivity index (χ4v) is 3.88. The second kappa shape index (κ2) is 12.0. The highest BCUT2D eigenvalue weighted by molar-refractivity contribution is 5.98. The van der Waals surface area contributed by atoms with Gasteiger partial charge in [0.2, 0.25) is 5.91 Å². The van der Waals surface area contributed by atoms with E-state index in [1.807, 2.05) is 4.90 Å². The Balaban J connectivity index is 1.44. The van der Waals surface area contributed by atoms with Crippen molar-refractivity contribution in [3.63, 3.8) is 0 Å². The molecule has 0 spiro atoms. The Morgan fingerprint density at radius 1 is 0.970 bits per heavy atom. The Hall–Kier alpha value is -3.42. The molecule has 176 valence electrons. The summed E-state index contributed by atoms with van der Waals surface area (Å²) < 4.78 is 5.67. The van der Waals surface area contributed by atoms with E-state index < -0.39 is 0 Å². The maximum atomic E-state index is 12.6. The average molecular weight is 454 g/mol. The number of carbonyl (C=O) groups is 2. The molecule has 1 fully saturated rings. The van der Waals surface area contributed by atoms with Crippen LogP contribution in [0.1, 0.15) is 49.4 Å². The fourth-order valence-electron chi connectivity index (χ4n) is 3.88. The number of anilines is 1. The summed E-state index contributed by atoms with van der Waals surface area (Å²) in [5.74, 6) is 0.608. The highest BCUT2D eigenvalue weighted by Gasteiger charge is 2.25. The zero-order valence-corrected chi connectivity index (χ0v) is 19.1. The van der Waals surface area contributed by atoms with E-state index in [0.717, 1.165) is 25.0 Å². The molecular weight excluding hydrogens is 422 g/mol. The van der Waals surface area contributed by atoms with Gasteiger partial charge in [0.25, 0.3) is 5.69 Å². The van der Waals surface area contributed by atoms with E-state index in [0.29, 0.717) is 44.0 Å². The van der Waals surface area contributed by atoms with Crippen LogP contribution in [0.25, 0.3) is 0 Å². The SMILES string of the molecule is CCCCCOc1ccc(C(=O)CCC(=O)N2CCN(c3ccccc3[N+](=O)[O-])CC2)cc1. The summed E-state index contributed by atoms with van der Waals surface area (Å²) in [6, 6.07) is 13.7. The van der Waals surface area contributed by atoms with Gasteiger partial charge in [-0.2, -0.15) is 0 Å². The summed E-state index contributed by atoms with van der Waals surface area (Å²) >= 11 is 0. The first-order valence-electron chi connectivity index (χ1n) is 11.5. The Morgan fingerprint density at radius 2 is 1.67 bits per heavy atom. The number of benzene rings is 2. The first-order valence-corrected chi connectivity index (χ1v) is 11.5. The molecule has 1 heterocycles. The van der Waals surface area contributed by atoms with Crippen molar-refractivity contribution >= 4 is 23.1 Å². The van der Waals surface area contributed by atoms with Gasteiger partial charge >= 0.3 is 0 Å². The van der Waals surface area contributed by atoms with Gasteiger partial charge in [-0.05, 0) is 36.8 Å². The molecule has 1 aliphatic heterocycles. The molecule has 0 saturated carbocycles. The van der Waals surface area contributed by atoms with Gasteiger partial charge in [-0.3, -0.25) is 19.7 Å². The molecule has 8 heteroatoms. The van der Waals surface area contributed by atoms with Crippen LogP contribution in [0.15, 0.2) is 48.5 Å². The van der Waals surface area contributed by atoms with Crippen LogP contribution in [-0.2, 0) is 4.79 Å². The van der Waals surface area contributed by atoms with Crippen molar-refractivity contribution in [1.82, 2.24) is 4.90 Å². The molecule has 2 aromatic carbocycles. The molecule has 0 aliphatic carbocycles. The molecular formula is C25H31N3O5. The Labute approximate surface area is 194 Å². The maximum Gasteiger partial charge on any atom is 0.292 e. The number of nitrogens with zero attached hydrogens (tertiary/aromatic N) is 3. The van der Waals surface area contributed by atoms with E-state index in [-0.39, 0.29) is 35.1 Å². The van der Waals surface area contributed by atoms with Crippen molar-refractivity contribution in [1.29, 1.82) is 0 Å². The predicted molar refractivity (Wildman–Crippen MR) is 127 cm³/mol. The number of hydrogen-bond acceptors (Lipinski definition) is 6. The van der Waals surface area contributed by atoms with Crippen LogP contribution in [0.3, 0.4) is 0 Å². The lowest BCUT2D eigenvalue weighted by Crippen LogP contribution is -2.49. The van der Waals surface area contributed by atoms with E-state index in [2.05, 4.69) is 6.92 Å². The van der Waals surface area contributed by atoms with Crippen LogP contribution in [-0.4, -0.2) is 54.3 Å². The topological polar surface area (TPSA) is 93.0 Å². The monoisotopic (exact) mass is 453 g/mol. The van der Waals surface area contributed by atoms with Crippen LogP contribution in [0.4, 0.5) is 11.4 Å². The number of amides is 1. The molecule has 1 saturated heterocycles. The summed E-state index contributed by atoms with van der Waals surface area (Å²) in [4.78, 5) is 39.6.